The number of carbonyl (C=O) groups excluding carboxylic acids is 1. The van der Waals surface area contributed by atoms with E-state index in [9.17, 15) is 9.18 Å². The summed E-state index contributed by atoms with van der Waals surface area (Å²) >= 11 is 1.50. The Morgan fingerprint density at radius 2 is 1.86 bits per heavy atom. The molecule has 4 aromatic rings. The molecule has 0 N–H and O–H groups in total. The van der Waals surface area contributed by atoms with Crippen LogP contribution in [0.1, 0.15) is 16.3 Å². The van der Waals surface area contributed by atoms with E-state index in [0.29, 0.717) is 31.9 Å². The molecule has 7 nitrogen and oxygen atoms in total. The Morgan fingerprint density at radius 3 is 2.52 bits per heavy atom. The van der Waals surface area contributed by atoms with Gasteiger partial charge < -0.3 is 14.2 Å². The molecule has 0 spiro atoms. The zero-order valence-corrected chi connectivity index (χ0v) is 16.5. The number of hydrogen-bond acceptors (Lipinski definition) is 6. The average molecular weight is 411 g/mol. The SMILES string of the molecule is Cc1ccc(C(=O)N2CCN(c3nn4cc(-c5ccc(F)cc5)nc4s3)CC2)o1. The third kappa shape index (κ3) is 3.38. The number of halogens is 1. The standard InChI is InChI=1S/C20H18FN5O2S/c1-13-2-7-17(28-13)18(27)24-8-10-25(11-9-24)20-23-26-12-16(22-19(26)29-20)14-3-5-15(21)6-4-14/h2-7,12H,8-11H2,1H3. The van der Waals surface area contributed by atoms with Crippen molar-refractivity contribution in [3.05, 3.63) is 59.9 Å². The lowest BCUT2D eigenvalue weighted by Crippen LogP contribution is -2.48. The fraction of sp³-hybridized carbons (Fsp3) is 0.250. The van der Waals surface area contributed by atoms with Gasteiger partial charge in [-0.3, -0.25) is 4.79 Å². The van der Waals surface area contributed by atoms with Crippen molar-refractivity contribution < 1.29 is 13.6 Å². The van der Waals surface area contributed by atoms with Gasteiger partial charge in [-0.25, -0.2) is 13.9 Å². The minimum absolute atomic E-state index is 0.0735. The second-order valence-corrected chi connectivity index (χ2v) is 7.87. The van der Waals surface area contributed by atoms with Gasteiger partial charge in [0.1, 0.15) is 11.6 Å². The smallest absolute Gasteiger partial charge is 0.289 e. The predicted molar refractivity (Wildman–Crippen MR) is 108 cm³/mol. The van der Waals surface area contributed by atoms with Crippen LogP contribution in [0, 0.1) is 12.7 Å². The number of benzene rings is 1. The third-order valence-corrected chi connectivity index (χ3v) is 5.94. The summed E-state index contributed by atoms with van der Waals surface area (Å²) in [5.41, 5.74) is 1.62. The number of amides is 1. The molecule has 1 aliphatic rings. The first kappa shape index (κ1) is 17.9. The van der Waals surface area contributed by atoms with Gasteiger partial charge >= 0.3 is 0 Å². The van der Waals surface area contributed by atoms with E-state index in [1.807, 2.05) is 13.1 Å². The molecule has 9 heteroatoms. The highest BCUT2D eigenvalue weighted by molar-refractivity contribution is 7.20. The van der Waals surface area contributed by atoms with E-state index in [4.69, 9.17) is 4.42 Å². The van der Waals surface area contributed by atoms with E-state index in [1.54, 1.807) is 33.7 Å². The molecule has 1 fully saturated rings. The van der Waals surface area contributed by atoms with E-state index in [1.165, 1.54) is 23.5 Å². The molecule has 3 aromatic heterocycles. The maximum Gasteiger partial charge on any atom is 0.289 e. The van der Waals surface area contributed by atoms with Crippen LogP contribution in [0.4, 0.5) is 9.52 Å². The van der Waals surface area contributed by atoms with Crippen molar-refractivity contribution in [3.63, 3.8) is 0 Å². The van der Waals surface area contributed by atoms with Crippen molar-refractivity contribution in [2.75, 3.05) is 31.1 Å². The van der Waals surface area contributed by atoms with E-state index in [2.05, 4.69) is 15.0 Å². The average Bonchev–Trinajstić information content (AvgIpc) is 3.43. The number of furan rings is 1. The van der Waals surface area contributed by atoms with Gasteiger partial charge in [-0.15, -0.1) is 5.10 Å². The zero-order chi connectivity index (χ0) is 20.0. The quantitative estimate of drug-likeness (QED) is 0.517. The largest absolute Gasteiger partial charge is 0.456 e. The summed E-state index contributed by atoms with van der Waals surface area (Å²) in [7, 11) is 0. The van der Waals surface area contributed by atoms with Crippen molar-refractivity contribution in [1.29, 1.82) is 0 Å². The molecule has 1 aliphatic heterocycles. The van der Waals surface area contributed by atoms with Crippen molar-refractivity contribution in [3.8, 4) is 11.3 Å². The van der Waals surface area contributed by atoms with E-state index < -0.39 is 0 Å². The van der Waals surface area contributed by atoms with Crippen molar-refractivity contribution in [1.82, 2.24) is 19.5 Å². The molecule has 29 heavy (non-hydrogen) atoms. The Morgan fingerprint density at radius 1 is 1.10 bits per heavy atom. The summed E-state index contributed by atoms with van der Waals surface area (Å²) in [5, 5.41) is 5.51. The summed E-state index contributed by atoms with van der Waals surface area (Å²) in [6, 6.07) is 9.78. The maximum atomic E-state index is 13.1. The van der Waals surface area contributed by atoms with E-state index >= 15 is 0 Å². The summed E-state index contributed by atoms with van der Waals surface area (Å²) in [4.78, 5) is 21.9. The number of hydrogen-bond donors (Lipinski definition) is 0. The van der Waals surface area contributed by atoms with Crippen LogP contribution in [0.5, 0.6) is 0 Å². The second kappa shape index (κ2) is 7.00. The van der Waals surface area contributed by atoms with E-state index in [0.717, 1.165) is 27.1 Å². The highest BCUT2D eigenvalue weighted by Crippen LogP contribution is 2.27. The molecule has 0 aliphatic carbocycles. The number of fused-ring (bicyclic) bond motifs is 1. The molecule has 5 rings (SSSR count). The Bertz CT molecular complexity index is 1140. The van der Waals surface area contributed by atoms with Gasteiger partial charge in [0.2, 0.25) is 10.1 Å². The lowest BCUT2D eigenvalue weighted by atomic mass is 10.2. The summed E-state index contributed by atoms with van der Waals surface area (Å²) in [6.07, 6.45) is 1.85. The number of nitrogens with zero attached hydrogens (tertiary/aromatic N) is 5. The normalized spacial score (nSPS) is 14.7. The van der Waals surface area contributed by atoms with Gasteiger partial charge in [-0.05, 0) is 43.3 Å². The van der Waals surface area contributed by atoms with Gasteiger partial charge in [-0.2, -0.15) is 0 Å². The zero-order valence-electron chi connectivity index (χ0n) is 15.7. The van der Waals surface area contributed by atoms with Crippen LogP contribution in [0.15, 0.2) is 47.0 Å². The molecular weight excluding hydrogens is 393 g/mol. The highest BCUT2D eigenvalue weighted by Gasteiger charge is 2.26. The number of carbonyl (C=O) groups is 1. The molecule has 148 valence electrons. The fourth-order valence-corrected chi connectivity index (χ4v) is 4.32. The molecular formula is C20H18FN5O2S. The monoisotopic (exact) mass is 411 g/mol. The second-order valence-electron chi connectivity index (χ2n) is 6.93. The van der Waals surface area contributed by atoms with Crippen LogP contribution in [-0.2, 0) is 0 Å². The molecule has 0 saturated carbocycles. The van der Waals surface area contributed by atoms with Crippen LogP contribution in [0.2, 0.25) is 0 Å². The number of aromatic nitrogens is 3. The van der Waals surface area contributed by atoms with Crippen LogP contribution in [0.25, 0.3) is 16.2 Å². The molecule has 1 saturated heterocycles. The first-order valence-corrected chi connectivity index (χ1v) is 10.1. The molecule has 1 aromatic carbocycles. The minimum Gasteiger partial charge on any atom is -0.456 e. The van der Waals surface area contributed by atoms with Gasteiger partial charge in [0.25, 0.3) is 5.91 Å². The Kier molecular flexibility index (Phi) is 4.31. The predicted octanol–water partition coefficient (Wildman–Crippen LogP) is 3.46. The Balaban J connectivity index is 1.28. The molecule has 4 heterocycles. The highest BCUT2D eigenvalue weighted by atomic mass is 32.1. The van der Waals surface area contributed by atoms with Gasteiger partial charge in [0.15, 0.2) is 5.76 Å². The van der Waals surface area contributed by atoms with Gasteiger partial charge in [0.05, 0.1) is 11.9 Å². The number of aryl methyl sites for hydroxylation is 1. The lowest BCUT2D eigenvalue weighted by Gasteiger charge is -2.33. The summed E-state index contributed by atoms with van der Waals surface area (Å²) in [5.74, 6) is 0.778. The van der Waals surface area contributed by atoms with Crippen LogP contribution < -0.4 is 4.90 Å². The summed E-state index contributed by atoms with van der Waals surface area (Å²) in [6.45, 7) is 4.46. The molecule has 0 unspecified atom stereocenters. The van der Waals surface area contributed by atoms with Crippen LogP contribution in [0.3, 0.4) is 0 Å². The number of imidazole rings is 1. The van der Waals surface area contributed by atoms with Crippen LogP contribution >= 0.6 is 11.3 Å². The number of piperazine rings is 1. The first-order chi connectivity index (χ1) is 14.1. The topological polar surface area (TPSA) is 66.9 Å². The molecule has 0 radical (unpaired) electrons. The third-order valence-electron chi connectivity index (χ3n) is 4.96. The van der Waals surface area contributed by atoms with E-state index in [-0.39, 0.29) is 11.7 Å². The Hall–Kier alpha value is -3.20. The molecule has 1 amide bonds. The Labute approximate surface area is 170 Å². The lowest BCUT2D eigenvalue weighted by molar-refractivity contribution is 0.0713. The fourth-order valence-electron chi connectivity index (χ4n) is 3.38. The first-order valence-electron chi connectivity index (χ1n) is 9.30. The number of rotatable bonds is 3. The van der Waals surface area contributed by atoms with Gasteiger partial charge in [-0.1, -0.05) is 11.3 Å². The van der Waals surface area contributed by atoms with Crippen molar-refractivity contribution in [2.45, 2.75) is 6.92 Å². The molecule has 0 atom stereocenters. The van der Waals surface area contributed by atoms with Crippen molar-refractivity contribution >= 4 is 27.3 Å². The molecule has 0 bridgehead atoms. The summed E-state index contributed by atoms with van der Waals surface area (Å²) < 4.78 is 20.3. The minimum atomic E-state index is -0.269. The maximum absolute atomic E-state index is 13.1. The van der Waals surface area contributed by atoms with Gasteiger partial charge in [0, 0.05) is 31.7 Å². The number of anilines is 1. The van der Waals surface area contributed by atoms with Crippen molar-refractivity contribution in [2.24, 2.45) is 0 Å². The van der Waals surface area contributed by atoms with Crippen LogP contribution in [-0.4, -0.2) is 51.6 Å².